The molecule has 0 saturated carbocycles. The number of nitrogens with one attached hydrogen (secondary N) is 2. The second kappa shape index (κ2) is 11.5. The van der Waals surface area contributed by atoms with Crippen molar-refractivity contribution < 1.29 is 27.4 Å². The van der Waals surface area contributed by atoms with Crippen LogP contribution in [-0.2, 0) is 13.6 Å². The Hall–Kier alpha value is -5.14. The molecule has 5 rings (SSSR count). The van der Waals surface area contributed by atoms with Gasteiger partial charge in [-0.25, -0.2) is 10.1 Å². The van der Waals surface area contributed by atoms with E-state index in [0.717, 1.165) is 23.0 Å². The van der Waals surface area contributed by atoms with Crippen molar-refractivity contribution in [2.24, 2.45) is 12.0 Å². The smallest absolute Gasteiger partial charge is 0.494 e. The van der Waals surface area contributed by atoms with Crippen molar-refractivity contribution in [3.05, 3.63) is 83.5 Å². The molecule has 14 heteroatoms. The number of aromatic nitrogens is 6. The molecule has 2 heterocycles. The number of halogens is 3. The number of carbonyl (C=O) groups is 1. The lowest BCUT2D eigenvalue weighted by Gasteiger charge is -2.09. The van der Waals surface area contributed by atoms with Crippen molar-refractivity contribution >= 4 is 28.6 Å². The van der Waals surface area contributed by atoms with E-state index in [1.165, 1.54) is 24.3 Å². The molecule has 11 nitrogen and oxygen atoms in total. The molecule has 0 saturated heterocycles. The SMILES string of the molecule is CCCOc1ccc2c(c1)n(Cc1ccc(C(=O)Nc3nnn[nH]3)cc1)c(=Nc1ccc(OC(F)(F)F)cc1)n2C. The van der Waals surface area contributed by atoms with Gasteiger partial charge in [-0.1, -0.05) is 24.2 Å². The molecule has 212 valence electrons. The van der Waals surface area contributed by atoms with Crippen molar-refractivity contribution in [1.29, 1.82) is 0 Å². The van der Waals surface area contributed by atoms with Gasteiger partial charge in [0.05, 0.1) is 29.9 Å². The summed E-state index contributed by atoms with van der Waals surface area (Å²) < 4.78 is 51.5. The average molecular weight is 567 g/mol. The monoisotopic (exact) mass is 566 g/mol. The summed E-state index contributed by atoms with van der Waals surface area (Å²) in [5, 5.41) is 15.5. The second-order valence-corrected chi connectivity index (χ2v) is 9.00. The number of ether oxygens (including phenoxy) is 2. The molecule has 2 aromatic heterocycles. The van der Waals surface area contributed by atoms with Gasteiger partial charge in [0, 0.05) is 18.7 Å². The minimum atomic E-state index is -4.78. The van der Waals surface area contributed by atoms with Crippen LogP contribution in [-0.4, -0.2) is 48.6 Å². The summed E-state index contributed by atoms with van der Waals surface area (Å²) in [6.07, 6.45) is -3.92. The molecule has 5 aromatic rings. The maximum absolute atomic E-state index is 12.6. The topological polar surface area (TPSA) is 124 Å². The minimum Gasteiger partial charge on any atom is -0.494 e. The summed E-state index contributed by atoms with van der Waals surface area (Å²) >= 11 is 0. The molecule has 0 atom stereocenters. The third-order valence-electron chi connectivity index (χ3n) is 6.05. The zero-order chi connectivity index (χ0) is 29.0. The Bertz CT molecular complexity index is 1710. The number of imidazole rings is 1. The molecule has 3 aromatic carbocycles. The first-order chi connectivity index (χ1) is 19.7. The first-order valence-corrected chi connectivity index (χ1v) is 12.6. The summed E-state index contributed by atoms with van der Waals surface area (Å²) in [7, 11) is 1.86. The number of benzene rings is 3. The molecular formula is C27H25F3N8O3. The van der Waals surface area contributed by atoms with Gasteiger partial charge >= 0.3 is 6.36 Å². The van der Waals surface area contributed by atoms with Crippen molar-refractivity contribution in [3.8, 4) is 11.5 Å². The lowest BCUT2D eigenvalue weighted by molar-refractivity contribution is -0.274. The zero-order valence-corrected chi connectivity index (χ0v) is 22.0. The number of anilines is 1. The number of carbonyl (C=O) groups excluding carboxylic acids is 1. The number of hydrogen-bond donors (Lipinski definition) is 2. The normalized spacial score (nSPS) is 12.1. The predicted molar refractivity (Wildman–Crippen MR) is 143 cm³/mol. The fourth-order valence-electron chi connectivity index (χ4n) is 4.17. The maximum Gasteiger partial charge on any atom is 0.573 e. The van der Waals surface area contributed by atoms with Gasteiger partial charge in [0.1, 0.15) is 11.5 Å². The zero-order valence-electron chi connectivity index (χ0n) is 22.0. The van der Waals surface area contributed by atoms with Crippen LogP contribution in [0.1, 0.15) is 29.3 Å². The minimum absolute atomic E-state index is 0.135. The standard InChI is InChI=1S/C27H25F3N8O3/c1-3-14-40-21-12-13-22-23(15-21)38(16-17-4-6-18(7-5-17)24(39)32-25-33-35-36-34-25)26(37(22)2)31-19-8-10-20(11-9-19)41-27(28,29)30/h4-13,15H,3,14,16H2,1-2H3,(H2,32,33,34,35,36,39). The van der Waals surface area contributed by atoms with Gasteiger partial charge in [0.15, 0.2) is 0 Å². The number of rotatable bonds is 9. The van der Waals surface area contributed by atoms with Crippen molar-refractivity contribution in [2.45, 2.75) is 26.3 Å². The highest BCUT2D eigenvalue weighted by Crippen LogP contribution is 2.26. The van der Waals surface area contributed by atoms with Gasteiger partial charge in [-0.05, 0) is 70.9 Å². The number of H-pyrrole nitrogens is 1. The van der Waals surface area contributed by atoms with E-state index in [1.807, 2.05) is 53.4 Å². The summed E-state index contributed by atoms with van der Waals surface area (Å²) in [5.74, 6) is 0.130. The van der Waals surface area contributed by atoms with E-state index >= 15 is 0 Å². The first kappa shape index (κ1) is 27.4. The van der Waals surface area contributed by atoms with Crippen LogP contribution in [0.5, 0.6) is 11.5 Å². The molecule has 0 spiro atoms. The quantitative estimate of drug-likeness (QED) is 0.266. The van der Waals surface area contributed by atoms with Crippen LogP contribution in [0.2, 0.25) is 0 Å². The molecule has 0 aliphatic rings. The molecule has 0 radical (unpaired) electrons. The predicted octanol–water partition coefficient (Wildman–Crippen LogP) is 4.71. The summed E-state index contributed by atoms with van der Waals surface area (Å²) in [6.45, 7) is 2.97. The fourth-order valence-corrected chi connectivity index (χ4v) is 4.17. The van der Waals surface area contributed by atoms with E-state index in [0.29, 0.717) is 35.8 Å². The van der Waals surface area contributed by atoms with Crippen molar-refractivity contribution in [1.82, 2.24) is 29.8 Å². The Morgan fingerprint density at radius 2 is 1.76 bits per heavy atom. The summed E-state index contributed by atoms with van der Waals surface area (Å²) in [4.78, 5) is 17.3. The number of aryl methyl sites for hydroxylation is 1. The van der Waals surface area contributed by atoms with Gasteiger partial charge < -0.3 is 18.6 Å². The molecular weight excluding hydrogens is 541 g/mol. The Kier molecular flexibility index (Phi) is 7.72. The fraction of sp³-hybridized carbons (Fsp3) is 0.222. The highest BCUT2D eigenvalue weighted by Gasteiger charge is 2.31. The van der Waals surface area contributed by atoms with Gasteiger partial charge in [-0.2, -0.15) is 0 Å². The number of alkyl halides is 3. The average Bonchev–Trinajstić information content (AvgIpc) is 3.55. The van der Waals surface area contributed by atoms with Gasteiger partial charge in [0.25, 0.3) is 5.91 Å². The van der Waals surface area contributed by atoms with Crippen molar-refractivity contribution in [2.75, 3.05) is 11.9 Å². The van der Waals surface area contributed by atoms with Crippen LogP contribution < -0.4 is 20.4 Å². The number of tetrazole rings is 1. The van der Waals surface area contributed by atoms with Crippen LogP contribution in [0.25, 0.3) is 11.0 Å². The Labute approximate surface area is 231 Å². The Morgan fingerprint density at radius 3 is 2.41 bits per heavy atom. The van der Waals surface area contributed by atoms with Gasteiger partial charge in [-0.15, -0.1) is 13.2 Å². The largest absolute Gasteiger partial charge is 0.573 e. The van der Waals surface area contributed by atoms with Gasteiger partial charge in [-0.3, -0.25) is 10.1 Å². The Balaban J connectivity index is 1.51. The number of fused-ring (bicyclic) bond motifs is 1. The molecule has 0 bridgehead atoms. The van der Waals surface area contributed by atoms with Gasteiger partial charge in [0.2, 0.25) is 11.6 Å². The Morgan fingerprint density at radius 1 is 1.02 bits per heavy atom. The second-order valence-electron chi connectivity index (χ2n) is 9.00. The van der Waals surface area contributed by atoms with E-state index in [9.17, 15) is 18.0 Å². The lowest BCUT2D eigenvalue weighted by atomic mass is 10.1. The molecule has 41 heavy (non-hydrogen) atoms. The first-order valence-electron chi connectivity index (χ1n) is 12.6. The number of amides is 1. The van der Waals surface area contributed by atoms with Crippen LogP contribution in [0.15, 0.2) is 71.7 Å². The van der Waals surface area contributed by atoms with Crippen LogP contribution >= 0.6 is 0 Å². The van der Waals surface area contributed by atoms with Crippen molar-refractivity contribution in [3.63, 3.8) is 0 Å². The molecule has 0 aliphatic carbocycles. The van der Waals surface area contributed by atoms with Crippen LogP contribution in [0, 0.1) is 0 Å². The summed E-state index contributed by atoms with van der Waals surface area (Å²) in [6, 6.07) is 18.1. The van der Waals surface area contributed by atoms with E-state index in [-0.39, 0.29) is 17.6 Å². The molecule has 2 N–H and O–H groups in total. The third-order valence-corrected chi connectivity index (χ3v) is 6.05. The molecule has 0 aliphatic heterocycles. The van der Waals surface area contributed by atoms with E-state index in [2.05, 4.69) is 30.7 Å². The number of aromatic amines is 1. The number of hydrogen-bond acceptors (Lipinski definition) is 7. The van der Waals surface area contributed by atoms with E-state index < -0.39 is 6.36 Å². The maximum atomic E-state index is 12.6. The highest BCUT2D eigenvalue weighted by molar-refractivity contribution is 6.03. The third kappa shape index (κ3) is 6.54. The molecule has 1 amide bonds. The molecule has 0 unspecified atom stereocenters. The van der Waals surface area contributed by atoms with Crippen LogP contribution in [0.3, 0.4) is 0 Å². The van der Waals surface area contributed by atoms with E-state index in [1.54, 1.807) is 12.1 Å². The summed E-state index contributed by atoms with van der Waals surface area (Å²) in [5.41, 5.74) is 4.00. The highest BCUT2D eigenvalue weighted by atomic mass is 19.4. The number of nitrogens with zero attached hydrogens (tertiary/aromatic N) is 6. The lowest BCUT2D eigenvalue weighted by Crippen LogP contribution is -2.24. The molecule has 0 fully saturated rings. The van der Waals surface area contributed by atoms with Crippen LogP contribution in [0.4, 0.5) is 24.8 Å². The van der Waals surface area contributed by atoms with E-state index in [4.69, 9.17) is 9.73 Å².